The zero-order valence-corrected chi connectivity index (χ0v) is 12.4. The molecular formula is C15H22N2O2S. The lowest BCUT2D eigenvalue weighted by molar-refractivity contribution is 0.204. The van der Waals surface area contributed by atoms with Crippen molar-refractivity contribution in [3.63, 3.8) is 0 Å². The van der Waals surface area contributed by atoms with Gasteiger partial charge >= 0.3 is 0 Å². The number of nitrogens with two attached hydrogens (primary N) is 1. The maximum atomic E-state index is 9.10. The van der Waals surface area contributed by atoms with Crippen LogP contribution in [0.15, 0.2) is 24.3 Å². The van der Waals surface area contributed by atoms with Gasteiger partial charge in [0.15, 0.2) is 0 Å². The molecule has 1 aliphatic rings. The lowest BCUT2D eigenvalue weighted by Gasteiger charge is -2.16. The molecule has 1 aromatic carbocycles. The van der Waals surface area contributed by atoms with Gasteiger partial charge in [-0.3, -0.25) is 4.90 Å². The highest BCUT2D eigenvalue weighted by Crippen LogP contribution is 2.16. The summed E-state index contributed by atoms with van der Waals surface area (Å²) in [5, 5.41) is 9.10. The molecule has 4 nitrogen and oxygen atoms in total. The molecule has 5 heteroatoms. The Kier molecular flexibility index (Phi) is 5.76. The monoisotopic (exact) mass is 294 g/mol. The van der Waals surface area contributed by atoms with Crippen molar-refractivity contribution in [2.75, 3.05) is 32.8 Å². The van der Waals surface area contributed by atoms with Gasteiger partial charge in [-0.05, 0) is 36.6 Å². The molecule has 0 aliphatic carbocycles. The molecule has 20 heavy (non-hydrogen) atoms. The zero-order chi connectivity index (χ0) is 14.4. The number of aliphatic hydroxyl groups excluding tert-OH is 1. The highest BCUT2D eigenvalue weighted by Gasteiger charge is 2.20. The standard InChI is InChI=1S/C15H22N2O2S/c16-15(20)9-12-1-3-14(4-2-12)19-8-7-17-6-5-13(10-17)11-18/h1-4,13,18H,5-11H2,(H2,16,20). The van der Waals surface area contributed by atoms with Crippen LogP contribution in [0, 0.1) is 5.92 Å². The fourth-order valence-electron chi connectivity index (χ4n) is 2.46. The van der Waals surface area contributed by atoms with Crippen LogP contribution in [0.4, 0.5) is 0 Å². The Morgan fingerprint density at radius 1 is 1.40 bits per heavy atom. The number of rotatable bonds is 7. The van der Waals surface area contributed by atoms with Gasteiger partial charge in [0, 0.05) is 26.1 Å². The second-order valence-corrected chi connectivity index (χ2v) is 5.80. The number of aliphatic hydroxyl groups is 1. The van der Waals surface area contributed by atoms with Crippen LogP contribution in [0.1, 0.15) is 12.0 Å². The molecular weight excluding hydrogens is 272 g/mol. The molecule has 3 N–H and O–H groups in total. The van der Waals surface area contributed by atoms with Crippen LogP contribution in [0.2, 0.25) is 0 Å². The zero-order valence-electron chi connectivity index (χ0n) is 11.6. The van der Waals surface area contributed by atoms with E-state index < -0.39 is 0 Å². The van der Waals surface area contributed by atoms with E-state index in [-0.39, 0.29) is 0 Å². The molecule has 1 aromatic rings. The van der Waals surface area contributed by atoms with E-state index in [1.165, 1.54) is 0 Å². The lowest BCUT2D eigenvalue weighted by atomic mass is 10.1. The van der Waals surface area contributed by atoms with Gasteiger partial charge in [-0.2, -0.15) is 0 Å². The molecule has 1 aliphatic heterocycles. The molecule has 0 amide bonds. The number of thiocarbonyl (C=S) groups is 1. The van der Waals surface area contributed by atoms with Crippen molar-refractivity contribution in [1.29, 1.82) is 0 Å². The Labute approximate surface area is 125 Å². The number of hydrogen-bond donors (Lipinski definition) is 2. The first-order chi connectivity index (χ1) is 9.67. The third-order valence-electron chi connectivity index (χ3n) is 3.61. The van der Waals surface area contributed by atoms with Gasteiger partial charge in [0.2, 0.25) is 0 Å². The van der Waals surface area contributed by atoms with Crippen LogP contribution >= 0.6 is 12.2 Å². The molecule has 1 unspecified atom stereocenters. The predicted molar refractivity (Wildman–Crippen MR) is 84.1 cm³/mol. The summed E-state index contributed by atoms with van der Waals surface area (Å²) in [6.45, 7) is 3.91. The third kappa shape index (κ3) is 4.74. The average molecular weight is 294 g/mol. The Morgan fingerprint density at radius 3 is 2.75 bits per heavy atom. The Balaban J connectivity index is 1.70. The summed E-state index contributed by atoms with van der Waals surface area (Å²) in [5.74, 6) is 1.31. The van der Waals surface area contributed by atoms with Gasteiger partial charge < -0.3 is 15.6 Å². The molecule has 0 spiro atoms. The van der Waals surface area contributed by atoms with Crippen molar-refractivity contribution >= 4 is 17.2 Å². The SMILES string of the molecule is NC(=S)Cc1ccc(OCCN2CCC(CO)C2)cc1. The van der Waals surface area contributed by atoms with Crippen molar-refractivity contribution < 1.29 is 9.84 Å². The molecule has 1 atom stereocenters. The predicted octanol–water partition coefficient (Wildman–Crippen LogP) is 1.21. The first kappa shape index (κ1) is 15.2. The Morgan fingerprint density at radius 2 is 2.15 bits per heavy atom. The summed E-state index contributed by atoms with van der Waals surface area (Å²) >= 11 is 4.88. The van der Waals surface area contributed by atoms with Crippen LogP contribution in [-0.4, -0.2) is 47.8 Å². The first-order valence-electron chi connectivity index (χ1n) is 7.00. The minimum absolute atomic E-state index is 0.293. The van der Waals surface area contributed by atoms with Gasteiger partial charge in [0.25, 0.3) is 0 Å². The van der Waals surface area contributed by atoms with Crippen LogP contribution in [-0.2, 0) is 6.42 Å². The van der Waals surface area contributed by atoms with E-state index in [9.17, 15) is 0 Å². The van der Waals surface area contributed by atoms with Gasteiger partial charge in [-0.25, -0.2) is 0 Å². The Hall–Kier alpha value is -1.17. The van der Waals surface area contributed by atoms with Crippen LogP contribution in [0.25, 0.3) is 0 Å². The number of hydrogen-bond acceptors (Lipinski definition) is 4. The first-order valence-corrected chi connectivity index (χ1v) is 7.41. The van der Waals surface area contributed by atoms with Crippen LogP contribution in [0.5, 0.6) is 5.75 Å². The van der Waals surface area contributed by atoms with Crippen molar-refractivity contribution in [2.24, 2.45) is 11.7 Å². The summed E-state index contributed by atoms with van der Waals surface area (Å²) in [6.07, 6.45) is 1.72. The van der Waals surface area contributed by atoms with Crippen molar-refractivity contribution in [2.45, 2.75) is 12.8 Å². The van der Waals surface area contributed by atoms with E-state index in [0.29, 0.717) is 30.5 Å². The van der Waals surface area contributed by atoms with Crippen molar-refractivity contribution in [1.82, 2.24) is 4.90 Å². The fraction of sp³-hybridized carbons (Fsp3) is 0.533. The van der Waals surface area contributed by atoms with Crippen molar-refractivity contribution in [3.05, 3.63) is 29.8 Å². The molecule has 0 bridgehead atoms. The number of likely N-dealkylation sites (tertiary alicyclic amines) is 1. The van der Waals surface area contributed by atoms with E-state index in [4.69, 9.17) is 27.8 Å². The minimum Gasteiger partial charge on any atom is -0.492 e. The topological polar surface area (TPSA) is 58.7 Å². The molecule has 0 radical (unpaired) electrons. The third-order valence-corrected chi connectivity index (χ3v) is 3.75. The average Bonchev–Trinajstić information content (AvgIpc) is 2.88. The molecule has 2 rings (SSSR count). The summed E-state index contributed by atoms with van der Waals surface area (Å²) in [6, 6.07) is 7.89. The fourth-order valence-corrected chi connectivity index (χ4v) is 2.63. The molecule has 110 valence electrons. The second-order valence-electron chi connectivity index (χ2n) is 5.27. The van der Waals surface area contributed by atoms with Gasteiger partial charge in [0.05, 0.1) is 4.99 Å². The van der Waals surface area contributed by atoms with Crippen LogP contribution in [0.3, 0.4) is 0 Å². The second kappa shape index (κ2) is 7.57. The molecule has 1 fully saturated rings. The van der Waals surface area contributed by atoms with Gasteiger partial charge in [-0.1, -0.05) is 24.4 Å². The number of ether oxygens (including phenoxy) is 1. The van der Waals surface area contributed by atoms with Crippen molar-refractivity contribution in [3.8, 4) is 5.75 Å². The largest absolute Gasteiger partial charge is 0.492 e. The summed E-state index contributed by atoms with van der Waals surface area (Å²) in [5.41, 5.74) is 6.62. The summed E-state index contributed by atoms with van der Waals surface area (Å²) in [7, 11) is 0. The van der Waals surface area contributed by atoms with Crippen LogP contribution < -0.4 is 10.5 Å². The minimum atomic E-state index is 0.293. The molecule has 1 heterocycles. The number of nitrogens with zero attached hydrogens (tertiary/aromatic N) is 1. The highest BCUT2D eigenvalue weighted by molar-refractivity contribution is 7.80. The van der Waals surface area contributed by atoms with Gasteiger partial charge in [-0.15, -0.1) is 0 Å². The van der Waals surface area contributed by atoms with E-state index in [2.05, 4.69) is 4.90 Å². The van der Waals surface area contributed by atoms with E-state index in [1.807, 2.05) is 24.3 Å². The quantitative estimate of drug-likeness (QED) is 0.740. The smallest absolute Gasteiger partial charge is 0.119 e. The lowest BCUT2D eigenvalue weighted by Crippen LogP contribution is -2.26. The Bertz CT molecular complexity index is 436. The van der Waals surface area contributed by atoms with E-state index in [0.717, 1.165) is 37.4 Å². The highest BCUT2D eigenvalue weighted by atomic mass is 32.1. The maximum absolute atomic E-state index is 9.10. The number of benzene rings is 1. The molecule has 1 saturated heterocycles. The maximum Gasteiger partial charge on any atom is 0.119 e. The normalized spacial score (nSPS) is 19.1. The molecule has 0 aromatic heterocycles. The summed E-state index contributed by atoms with van der Waals surface area (Å²) < 4.78 is 5.73. The summed E-state index contributed by atoms with van der Waals surface area (Å²) in [4.78, 5) is 2.84. The van der Waals surface area contributed by atoms with E-state index >= 15 is 0 Å². The van der Waals surface area contributed by atoms with E-state index in [1.54, 1.807) is 0 Å². The molecule has 0 saturated carbocycles. The van der Waals surface area contributed by atoms with Gasteiger partial charge in [0.1, 0.15) is 12.4 Å².